The Labute approximate surface area is 89.8 Å². The minimum Gasteiger partial charge on any atom is -0.328 e. The van der Waals surface area contributed by atoms with Crippen molar-refractivity contribution in [1.82, 2.24) is 0 Å². The minimum atomic E-state index is 0.453. The molecule has 0 bridgehead atoms. The van der Waals surface area contributed by atoms with Gasteiger partial charge in [0.05, 0.1) is 0 Å². The highest BCUT2D eigenvalue weighted by Crippen LogP contribution is 2.09. The molecule has 0 aromatic heterocycles. The van der Waals surface area contributed by atoms with Crippen molar-refractivity contribution in [1.29, 1.82) is 0 Å². The van der Waals surface area contributed by atoms with E-state index in [0.29, 0.717) is 6.04 Å². The number of hydrogen-bond donors (Lipinski definition) is 1. The zero-order valence-electron chi connectivity index (χ0n) is 9.80. The normalized spacial score (nSPS) is 12.7. The van der Waals surface area contributed by atoms with Crippen LogP contribution in [0.2, 0.25) is 0 Å². The van der Waals surface area contributed by atoms with E-state index in [1.807, 2.05) is 6.08 Å². The maximum Gasteiger partial charge on any atom is 0.00388 e. The second kappa shape index (κ2) is 10.8. The van der Waals surface area contributed by atoms with Gasteiger partial charge in [-0.2, -0.15) is 0 Å². The molecule has 0 saturated heterocycles. The lowest BCUT2D eigenvalue weighted by Gasteiger charge is -2.09. The first-order chi connectivity index (χ1) is 6.81. The first kappa shape index (κ1) is 13.7. The van der Waals surface area contributed by atoms with E-state index in [9.17, 15) is 0 Å². The average molecular weight is 197 g/mol. The summed E-state index contributed by atoms with van der Waals surface area (Å²) in [6.45, 7) is 5.94. The van der Waals surface area contributed by atoms with Gasteiger partial charge in [-0.3, -0.25) is 0 Å². The molecule has 0 saturated carbocycles. The predicted molar refractivity (Wildman–Crippen MR) is 65.4 cm³/mol. The first-order valence-electron chi connectivity index (χ1n) is 6.17. The van der Waals surface area contributed by atoms with Crippen molar-refractivity contribution < 1.29 is 0 Å². The van der Waals surface area contributed by atoms with E-state index in [1.165, 1.54) is 57.8 Å². The third-order valence-corrected chi connectivity index (χ3v) is 2.66. The van der Waals surface area contributed by atoms with Crippen LogP contribution in [-0.2, 0) is 0 Å². The Bertz CT molecular complexity index is 120. The molecule has 1 heteroatoms. The van der Waals surface area contributed by atoms with Crippen LogP contribution in [0.4, 0.5) is 0 Å². The van der Waals surface area contributed by atoms with Gasteiger partial charge < -0.3 is 5.73 Å². The van der Waals surface area contributed by atoms with Crippen molar-refractivity contribution in [3.05, 3.63) is 12.7 Å². The third kappa shape index (κ3) is 9.79. The van der Waals surface area contributed by atoms with E-state index in [4.69, 9.17) is 5.73 Å². The molecule has 0 aliphatic rings. The first-order valence-corrected chi connectivity index (χ1v) is 6.17. The molecule has 14 heavy (non-hydrogen) atoms. The number of allylic oxidation sites excluding steroid dienone is 1. The molecular formula is C13H27N. The van der Waals surface area contributed by atoms with Crippen LogP contribution in [-0.4, -0.2) is 6.04 Å². The predicted octanol–water partition coefficient (Wildman–Crippen LogP) is 4.03. The van der Waals surface area contributed by atoms with E-state index < -0.39 is 0 Å². The van der Waals surface area contributed by atoms with Crippen LogP contribution in [0.25, 0.3) is 0 Å². The highest BCUT2D eigenvalue weighted by atomic mass is 14.6. The van der Waals surface area contributed by atoms with Crippen LogP contribution in [0.3, 0.4) is 0 Å². The molecule has 0 aliphatic heterocycles. The van der Waals surface area contributed by atoms with Gasteiger partial charge in [0, 0.05) is 6.04 Å². The molecule has 0 amide bonds. The molecule has 0 aliphatic carbocycles. The van der Waals surface area contributed by atoms with Crippen LogP contribution >= 0.6 is 0 Å². The molecule has 0 fully saturated rings. The minimum absolute atomic E-state index is 0.453. The van der Waals surface area contributed by atoms with E-state index in [1.54, 1.807) is 0 Å². The maximum absolute atomic E-state index is 5.98. The van der Waals surface area contributed by atoms with Gasteiger partial charge in [-0.05, 0) is 25.7 Å². The molecule has 84 valence electrons. The monoisotopic (exact) mass is 197 g/mol. The lowest BCUT2D eigenvalue weighted by Crippen LogP contribution is -2.19. The molecule has 1 unspecified atom stereocenters. The summed E-state index contributed by atoms with van der Waals surface area (Å²) in [4.78, 5) is 0. The maximum atomic E-state index is 5.98. The largest absolute Gasteiger partial charge is 0.328 e. The topological polar surface area (TPSA) is 26.0 Å². The van der Waals surface area contributed by atoms with Crippen LogP contribution in [0.1, 0.15) is 64.7 Å². The lowest BCUT2D eigenvalue weighted by atomic mass is 10.0. The molecular weight excluding hydrogens is 170 g/mol. The van der Waals surface area contributed by atoms with Gasteiger partial charge in [0.1, 0.15) is 0 Å². The van der Waals surface area contributed by atoms with Gasteiger partial charge in [-0.1, -0.05) is 45.1 Å². The highest BCUT2D eigenvalue weighted by molar-refractivity contribution is 4.66. The summed E-state index contributed by atoms with van der Waals surface area (Å²) in [5, 5.41) is 0. The van der Waals surface area contributed by atoms with Crippen LogP contribution in [0.5, 0.6) is 0 Å². The number of hydrogen-bond acceptors (Lipinski definition) is 1. The molecule has 0 heterocycles. The van der Waals surface area contributed by atoms with Gasteiger partial charge in [0.15, 0.2) is 0 Å². The summed E-state index contributed by atoms with van der Waals surface area (Å²) < 4.78 is 0. The van der Waals surface area contributed by atoms with Crippen molar-refractivity contribution in [2.24, 2.45) is 5.73 Å². The quantitative estimate of drug-likeness (QED) is 0.415. The fraction of sp³-hybridized carbons (Fsp3) is 0.846. The standard InChI is InChI=1S/C13H27N/c1-3-5-7-8-9-10-12-13(14)11-6-4-2/h3,13H,1,4-12,14H2,2H3. The molecule has 1 atom stereocenters. The molecule has 0 radical (unpaired) electrons. The fourth-order valence-corrected chi connectivity index (χ4v) is 1.66. The van der Waals surface area contributed by atoms with E-state index >= 15 is 0 Å². The molecule has 0 aromatic rings. The van der Waals surface area contributed by atoms with Crippen molar-refractivity contribution >= 4 is 0 Å². The number of unbranched alkanes of at least 4 members (excludes halogenated alkanes) is 5. The van der Waals surface area contributed by atoms with Crippen molar-refractivity contribution in [3.8, 4) is 0 Å². The molecule has 0 spiro atoms. The van der Waals surface area contributed by atoms with Crippen molar-refractivity contribution in [2.75, 3.05) is 0 Å². The molecule has 2 N–H and O–H groups in total. The molecule has 1 nitrogen and oxygen atoms in total. The zero-order chi connectivity index (χ0) is 10.6. The highest BCUT2D eigenvalue weighted by Gasteiger charge is 2.00. The SMILES string of the molecule is C=CCCCCCCC(N)CCCC. The molecule has 0 aromatic carbocycles. The van der Waals surface area contributed by atoms with E-state index in [2.05, 4.69) is 13.5 Å². The second-order valence-electron chi connectivity index (χ2n) is 4.18. The lowest BCUT2D eigenvalue weighted by molar-refractivity contribution is 0.502. The number of rotatable bonds is 10. The van der Waals surface area contributed by atoms with E-state index in [-0.39, 0.29) is 0 Å². The van der Waals surface area contributed by atoms with Crippen LogP contribution in [0.15, 0.2) is 12.7 Å². The Balaban J connectivity index is 3.06. The number of nitrogens with two attached hydrogens (primary N) is 1. The summed E-state index contributed by atoms with van der Waals surface area (Å²) in [5.74, 6) is 0. The van der Waals surface area contributed by atoms with Gasteiger partial charge in [-0.25, -0.2) is 0 Å². The van der Waals surface area contributed by atoms with Crippen LogP contribution < -0.4 is 5.73 Å². The summed E-state index contributed by atoms with van der Waals surface area (Å²) in [5.41, 5.74) is 5.98. The van der Waals surface area contributed by atoms with Crippen LogP contribution in [0, 0.1) is 0 Å². The summed E-state index contributed by atoms with van der Waals surface area (Å²) >= 11 is 0. The summed E-state index contributed by atoms with van der Waals surface area (Å²) in [6, 6.07) is 0.453. The second-order valence-corrected chi connectivity index (χ2v) is 4.18. The Morgan fingerprint density at radius 3 is 2.36 bits per heavy atom. The van der Waals surface area contributed by atoms with Gasteiger partial charge in [0.2, 0.25) is 0 Å². The van der Waals surface area contributed by atoms with Crippen molar-refractivity contribution in [3.63, 3.8) is 0 Å². The smallest absolute Gasteiger partial charge is 0.00388 e. The Morgan fingerprint density at radius 2 is 1.71 bits per heavy atom. The van der Waals surface area contributed by atoms with Gasteiger partial charge >= 0.3 is 0 Å². The van der Waals surface area contributed by atoms with Gasteiger partial charge in [0.25, 0.3) is 0 Å². The van der Waals surface area contributed by atoms with E-state index in [0.717, 1.165) is 0 Å². The summed E-state index contributed by atoms with van der Waals surface area (Å²) in [6.07, 6.45) is 13.5. The average Bonchev–Trinajstić information content (AvgIpc) is 2.20. The molecule has 0 rings (SSSR count). The summed E-state index contributed by atoms with van der Waals surface area (Å²) in [7, 11) is 0. The zero-order valence-corrected chi connectivity index (χ0v) is 9.80. The van der Waals surface area contributed by atoms with Crippen molar-refractivity contribution in [2.45, 2.75) is 70.8 Å². The Morgan fingerprint density at radius 1 is 1.07 bits per heavy atom. The van der Waals surface area contributed by atoms with Gasteiger partial charge in [-0.15, -0.1) is 6.58 Å². The third-order valence-electron chi connectivity index (χ3n) is 2.66. The Hall–Kier alpha value is -0.300. The fourth-order valence-electron chi connectivity index (χ4n) is 1.66. The Kier molecular flexibility index (Phi) is 10.5.